The van der Waals surface area contributed by atoms with Gasteiger partial charge in [-0.1, -0.05) is 87.8 Å². The Morgan fingerprint density at radius 2 is 0.978 bits per heavy atom. The van der Waals surface area contributed by atoms with Gasteiger partial charge in [0.1, 0.15) is 24.7 Å². The first kappa shape index (κ1) is 37.1. The molecule has 0 aliphatic rings. The Balaban J connectivity index is 1.88. The second-order valence-corrected chi connectivity index (χ2v) is 12.1. The van der Waals surface area contributed by atoms with Crippen LogP contribution in [0.1, 0.15) is 90.2 Å². The van der Waals surface area contributed by atoms with Gasteiger partial charge >= 0.3 is 11.9 Å². The number of benzene rings is 3. The predicted octanol–water partition coefficient (Wildman–Crippen LogP) is 8.42. The van der Waals surface area contributed by atoms with Gasteiger partial charge in [-0.2, -0.15) is 0 Å². The highest BCUT2D eigenvalue weighted by Crippen LogP contribution is 2.43. The first-order chi connectivity index (χ1) is 22.2. The number of hydrogen-bond donors (Lipinski definition) is 0. The van der Waals surface area contributed by atoms with Gasteiger partial charge in [0, 0.05) is 48.6 Å². The topological polar surface area (TPSA) is 89.5 Å². The highest BCUT2D eigenvalue weighted by Gasteiger charge is 2.22. The van der Waals surface area contributed by atoms with E-state index in [4.69, 9.17) is 28.4 Å². The normalized spacial score (nSPS) is 12.7. The Morgan fingerprint density at radius 1 is 0.565 bits per heavy atom. The van der Waals surface area contributed by atoms with Crippen molar-refractivity contribution in [2.24, 2.45) is 0 Å². The van der Waals surface area contributed by atoms with E-state index in [0.29, 0.717) is 24.7 Å². The summed E-state index contributed by atoms with van der Waals surface area (Å²) in [6.07, 6.45) is 7.75. The Bertz CT molecular complexity index is 1280. The number of carbonyl (C=O) groups excluding carboxylic acids is 2. The summed E-state index contributed by atoms with van der Waals surface area (Å²) in [5, 5.41) is 3.50. The van der Waals surface area contributed by atoms with Crippen molar-refractivity contribution in [3.8, 4) is 11.5 Å². The Hall–Kier alpha value is -3.36. The monoisotopic (exact) mass is 638 g/mol. The van der Waals surface area contributed by atoms with Crippen molar-refractivity contribution in [1.82, 2.24) is 0 Å². The molecule has 0 amide bonds. The van der Waals surface area contributed by atoms with Gasteiger partial charge in [-0.3, -0.25) is 9.59 Å². The fourth-order valence-electron chi connectivity index (χ4n) is 5.43. The van der Waals surface area contributed by atoms with Crippen molar-refractivity contribution in [3.05, 3.63) is 47.5 Å². The van der Waals surface area contributed by atoms with E-state index >= 15 is 0 Å². The van der Waals surface area contributed by atoms with E-state index in [-0.39, 0.29) is 38.4 Å². The van der Waals surface area contributed by atoms with Crippen molar-refractivity contribution >= 4 is 33.5 Å². The molecule has 0 heterocycles. The third-order valence-electron chi connectivity index (χ3n) is 7.71. The molecule has 8 nitrogen and oxygen atoms in total. The lowest BCUT2D eigenvalue weighted by Crippen LogP contribution is -2.29. The third-order valence-corrected chi connectivity index (χ3v) is 7.71. The second kappa shape index (κ2) is 20.0. The standard InChI is InChI=1S/C38H54O8/c1-7-9-11-13-19-41-23-31(45-29(5)39)25-43-37-33-17-15-28(4)22-36(33)38(34-18-16-27(3)21-35(34)37)44-26-32(46-30(6)40)24-42-20-14-12-10-8-2/h15-18,21-22,31-32H,7-14,19-20,23-26H2,1-6H3. The van der Waals surface area contributed by atoms with E-state index in [9.17, 15) is 9.59 Å². The number of aryl methyl sites for hydroxylation is 2. The molecule has 3 rings (SSSR count). The molecule has 0 saturated carbocycles. The summed E-state index contributed by atoms with van der Waals surface area (Å²) < 4.78 is 35.9. The summed E-state index contributed by atoms with van der Waals surface area (Å²) in [4.78, 5) is 23.8. The van der Waals surface area contributed by atoms with Crippen LogP contribution >= 0.6 is 0 Å². The molecule has 0 aliphatic heterocycles. The van der Waals surface area contributed by atoms with Crippen LogP contribution in [0.15, 0.2) is 36.4 Å². The number of hydrogen-bond acceptors (Lipinski definition) is 8. The minimum atomic E-state index is -0.550. The van der Waals surface area contributed by atoms with Gasteiger partial charge in [0.15, 0.2) is 12.2 Å². The van der Waals surface area contributed by atoms with E-state index in [1.807, 2.05) is 38.1 Å². The smallest absolute Gasteiger partial charge is 0.303 e. The number of rotatable bonds is 22. The molecule has 254 valence electrons. The molecule has 0 aromatic heterocycles. The molecule has 8 heteroatoms. The van der Waals surface area contributed by atoms with Gasteiger partial charge in [0.05, 0.1) is 13.2 Å². The van der Waals surface area contributed by atoms with Gasteiger partial charge in [0.2, 0.25) is 0 Å². The first-order valence-electron chi connectivity index (χ1n) is 17.0. The van der Waals surface area contributed by atoms with Crippen LogP contribution in [0.3, 0.4) is 0 Å². The fraction of sp³-hybridized carbons (Fsp3) is 0.579. The van der Waals surface area contributed by atoms with Crippen LogP contribution in [-0.2, 0) is 28.5 Å². The zero-order chi connectivity index (χ0) is 33.3. The van der Waals surface area contributed by atoms with Crippen LogP contribution in [0.25, 0.3) is 21.5 Å². The van der Waals surface area contributed by atoms with E-state index < -0.39 is 12.2 Å². The highest BCUT2D eigenvalue weighted by atomic mass is 16.6. The molecule has 0 N–H and O–H groups in total. The van der Waals surface area contributed by atoms with Crippen molar-refractivity contribution in [2.45, 2.75) is 105 Å². The maximum atomic E-state index is 11.9. The van der Waals surface area contributed by atoms with Crippen LogP contribution < -0.4 is 9.47 Å². The van der Waals surface area contributed by atoms with E-state index in [0.717, 1.165) is 71.2 Å². The molecule has 0 aliphatic carbocycles. The first-order valence-corrected chi connectivity index (χ1v) is 17.0. The third kappa shape index (κ3) is 12.1. The number of carbonyl (C=O) groups is 2. The molecule has 46 heavy (non-hydrogen) atoms. The van der Waals surface area contributed by atoms with Crippen molar-refractivity contribution in [2.75, 3.05) is 39.6 Å². The van der Waals surface area contributed by atoms with E-state index in [2.05, 4.69) is 26.0 Å². The Morgan fingerprint density at radius 3 is 1.35 bits per heavy atom. The molecule has 0 radical (unpaired) electrons. The second-order valence-electron chi connectivity index (χ2n) is 12.1. The molecule has 3 aromatic rings. The maximum Gasteiger partial charge on any atom is 0.303 e. The predicted molar refractivity (Wildman–Crippen MR) is 183 cm³/mol. The maximum absolute atomic E-state index is 11.9. The quantitative estimate of drug-likeness (QED) is 0.0616. The summed E-state index contributed by atoms with van der Waals surface area (Å²) >= 11 is 0. The molecule has 0 bridgehead atoms. The van der Waals surface area contributed by atoms with Gasteiger partial charge in [-0.15, -0.1) is 0 Å². The lowest BCUT2D eigenvalue weighted by Gasteiger charge is -2.23. The van der Waals surface area contributed by atoms with Crippen LogP contribution in [0.5, 0.6) is 11.5 Å². The molecule has 0 saturated heterocycles. The molecule has 2 atom stereocenters. The van der Waals surface area contributed by atoms with Gasteiger partial charge in [0.25, 0.3) is 0 Å². The molecular formula is C38H54O8. The summed E-state index contributed by atoms with van der Waals surface area (Å²) in [6, 6.07) is 12.3. The summed E-state index contributed by atoms with van der Waals surface area (Å²) in [5.74, 6) is 0.627. The van der Waals surface area contributed by atoms with Crippen LogP contribution in [0.2, 0.25) is 0 Å². The zero-order valence-electron chi connectivity index (χ0n) is 28.8. The largest absolute Gasteiger partial charge is 0.488 e. The van der Waals surface area contributed by atoms with Crippen LogP contribution in [-0.4, -0.2) is 63.8 Å². The Kier molecular flexibility index (Phi) is 16.1. The molecule has 2 unspecified atom stereocenters. The average Bonchev–Trinajstić information content (AvgIpc) is 3.01. The minimum absolute atomic E-state index is 0.144. The van der Waals surface area contributed by atoms with Crippen molar-refractivity contribution in [1.29, 1.82) is 0 Å². The summed E-state index contributed by atoms with van der Waals surface area (Å²) in [6.45, 7) is 13.3. The number of fused-ring (bicyclic) bond motifs is 2. The van der Waals surface area contributed by atoms with E-state index in [1.165, 1.54) is 26.7 Å². The Labute approximate surface area is 275 Å². The van der Waals surface area contributed by atoms with Crippen LogP contribution in [0, 0.1) is 13.8 Å². The number of esters is 2. The lowest BCUT2D eigenvalue weighted by atomic mass is 9.97. The number of ether oxygens (including phenoxy) is 6. The number of unbranched alkanes of at least 4 members (excludes halogenated alkanes) is 6. The minimum Gasteiger partial charge on any atom is -0.488 e. The van der Waals surface area contributed by atoms with E-state index in [1.54, 1.807) is 0 Å². The highest BCUT2D eigenvalue weighted by molar-refractivity contribution is 6.11. The lowest BCUT2D eigenvalue weighted by molar-refractivity contribution is -0.152. The molecule has 0 spiro atoms. The van der Waals surface area contributed by atoms with Crippen molar-refractivity contribution < 1.29 is 38.0 Å². The van der Waals surface area contributed by atoms with Crippen LogP contribution in [0.4, 0.5) is 0 Å². The summed E-state index contributed by atoms with van der Waals surface area (Å²) in [7, 11) is 0. The SMILES string of the molecule is CCCCCCOCC(COc1c2ccc(C)cc2c(OCC(COCCCCCC)OC(C)=O)c2ccc(C)cc12)OC(C)=O. The van der Waals surface area contributed by atoms with Gasteiger partial charge in [-0.05, 0) is 38.8 Å². The zero-order valence-corrected chi connectivity index (χ0v) is 28.8. The average molecular weight is 639 g/mol. The van der Waals surface area contributed by atoms with Crippen molar-refractivity contribution in [3.63, 3.8) is 0 Å². The van der Waals surface area contributed by atoms with Gasteiger partial charge < -0.3 is 28.4 Å². The molecular weight excluding hydrogens is 584 g/mol. The van der Waals surface area contributed by atoms with Gasteiger partial charge in [-0.25, -0.2) is 0 Å². The summed E-state index contributed by atoms with van der Waals surface area (Å²) in [5.41, 5.74) is 2.13. The fourth-order valence-corrected chi connectivity index (χ4v) is 5.43. The molecule has 0 fully saturated rings. The molecule has 3 aromatic carbocycles.